The van der Waals surface area contributed by atoms with Crippen molar-refractivity contribution in [3.05, 3.63) is 28.8 Å². The van der Waals surface area contributed by atoms with Crippen LogP contribution < -0.4 is 4.74 Å². The summed E-state index contributed by atoms with van der Waals surface area (Å²) in [6.07, 6.45) is 0.932. The van der Waals surface area contributed by atoms with Gasteiger partial charge in [-0.15, -0.1) is 0 Å². The molecule has 0 aliphatic heterocycles. The van der Waals surface area contributed by atoms with Crippen molar-refractivity contribution in [1.29, 1.82) is 0 Å². The smallest absolute Gasteiger partial charge is 0.239 e. The molecule has 3 nitrogen and oxygen atoms in total. The van der Waals surface area contributed by atoms with Gasteiger partial charge in [-0.3, -0.25) is 4.99 Å². The first-order valence-electron chi connectivity index (χ1n) is 4.62. The molecule has 0 heterocycles. The molecule has 0 fully saturated rings. The van der Waals surface area contributed by atoms with Gasteiger partial charge < -0.3 is 9.47 Å². The van der Waals surface area contributed by atoms with Crippen molar-refractivity contribution in [2.45, 2.75) is 20.1 Å². The Bertz CT molecular complexity index is 352. The molecule has 82 valence electrons. The van der Waals surface area contributed by atoms with Crippen LogP contribution in [0.3, 0.4) is 0 Å². The molecule has 0 spiro atoms. The minimum absolute atomic E-state index is 0.408. The standard InChI is InChI=1S/C11H14ClNO2/c1-8-4-5-11(10(12)6-8)15-9(2)14-7-13-3/h4-7,9H,1-3H3/b13-7-. The summed E-state index contributed by atoms with van der Waals surface area (Å²) < 4.78 is 10.6. The van der Waals surface area contributed by atoms with Crippen molar-refractivity contribution in [3.63, 3.8) is 0 Å². The molecular formula is C11H14ClNO2. The number of hydrogen-bond donors (Lipinski definition) is 0. The van der Waals surface area contributed by atoms with Crippen LogP contribution in [0.4, 0.5) is 0 Å². The quantitative estimate of drug-likeness (QED) is 0.450. The molecule has 1 unspecified atom stereocenters. The van der Waals surface area contributed by atoms with Gasteiger partial charge in [0.1, 0.15) is 5.75 Å². The molecular weight excluding hydrogens is 214 g/mol. The first kappa shape index (κ1) is 11.9. The van der Waals surface area contributed by atoms with E-state index in [1.54, 1.807) is 14.0 Å². The van der Waals surface area contributed by atoms with Gasteiger partial charge in [-0.05, 0) is 24.6 Å². The van der Waals surface area contributed by atoms with Crippen molar-refractivity contribution in [1.82, 2.24) is 0 Å². The number of nitrogens with zero attached hydrogens (tertiary/aromatic N) is 1. The Hall–Kier alpha value is -1.22. The minimum Gasteiger partial charge on any atom is -0.454 e. The largest absolute Gasteiger partial charge is 0.454 e. The van der Waals surface area contributed by atoms with Gasteiger partial charge in [-0.1, -0.05) is 17.7 Å². The average molecular weight is 228 g/mol. The lowest BCUT2D eigenvalue weighted by Crippen LogP contribution is -2.15. The van der Waals surface area contributed by atoms with E-state index in [1.807, 2.05) is 25.1 Å². The Labute approximate surface area is 94.7 Å². The number of hydrogen-bond acceptors (Lipinski definition) is 3. The predicted octanol–water partition coefficient (Wildman–Crippen LogP) is 3.05. The maximum absolute atomic E-state index is 5.99. The molecule has 0 saturated carbocycles. The van der Waals surface area contributed by atoms with Crippen LogP contribution in [-0.2, 0) is 4.74 Å². The van der Waals surface area contributed by atoms with Crippen LogP contribution in [0.25, 0.3) is 0 Å². The van der Waals surface area contributed by atoms with Gasteiger partial charge in [0, 0.05) is 14.0 Å². The lowest BCUT2D eigenvalue weighted by molar-refractivity contribution is 0.0177. The highest BCUT2D eigenvalue weighted by molar-refractivity contribution is 6.32. The molecule has 0 N–H and O–H groups in total. The molecule has 1 rings (SSSR count). The molecule has 0 radical (unpaired) electrons. The number of aryl methyl sites for hydroxylation is 1. The first-order chi connectivity index (χ1) is 7.13. The van der Waals surface area contributed by atoms with E-state index in [0.29, 0.717) is 10.8 Å². The zero-order valence-corrected chi connectivity index (χ0v) is 9.78. The number of ether oxygens (including phenoxy) is 2. The second-order valence-electron chi connectivity index (χ2n) is 3.12. The fourth-order valence-corrected chi connectivity index (χ4v) is 1.33. The molecule has 0 aliphatic rings. The maximum atomic E-state index is 5.99. The van der Waals surface area contributed by atoms with Gasteiger partial charge in [0.15, 0.2) is 6.40 Å². The zero-order valence-electron chi connectivity index (χ0n) is 9.03. The SMILES string of the molecule is C/N=C\OC(C)Oc1ccc(C)cc1Cl. The van der Waals surface area contributed by atoms with Crippen molar-refractivity contribution in [3.8, 4) is 5.75 Å². The summed E-state index contributed by atoms with van der Waals surface area (Å²) in [4.78, 5) is 3.69. The second-order valence-corrected chi connectivity index (χ2v) is 3.53. The summed E-state index contributed by atoms with van der Waals surface area (Å²) in [7, 11) is 1.63. The summed E-state index contributed by atoms with van der Waals surface area (Å²) in [5, 5.41) is 0.582. The van der Waals surface area contributed by atoms with Crippen molar-refractivity contribution in [2.24, 2.45) is 4.99 Å². The Morgan fingerprint density at radius 2 is 2.20 bits per heavy atom. The first-order valence-corrected chi connectivity index (χ1v) is 5.00. The third-order valence-corrected chi connectivity index (χ3v) is 2.03. The summed E-state index contributed by atoms with van der Waals surface area (Å²) in [5.41, 5.74) is 1.09. The van der Waals surface area contributed by atoms with E-state index in [1.165, 1.54) is 6.40 Å². The van der Waals surface area contributed by atoms with Crippen molar-refractivity contribution >= 4 is 18.0 Å². The van der Waals surface area contributed by atoms with Gasteiger partial charge in [-0.2, -0.15) is 0 Å². The van der Waals surface area contributed by atoms with Crippen molar-refractivity contribution in [2.75, 3.05) is 7.05 Å². The highest BCUT2D eigenvalue weighted by atomic mass is 35.5. The van der Waals surface area contributed by atoms with Gasteiger partial charge in [-0.25, -0.2) is 0 Å². The van der Waals surface area contributed by atoms with Gasteiger partial charge in [0.05, 0.1) is 5.02 Å². The third kappa shape index (κ3) is 3.80. The normalized spacial score (nSPS) is 12.8. The van der Waals surface area contributed by atoms with E-state index in [0.717, 1.165) is 5.56 Å². The van der Waals surface area contributed by atoms with E-state index in [2.05, 4.69) is 4.99 Å². The molecule has 15 heavy (non-hydrogen) atoms. The molecule has 4 heteroatoms. The van der Waals surface area contributed by atoms with E-state index >= 15 is 0 Å². The van der Waals surface area contributed by atoms with E-state index in [4.69, 9.17) is 21.1 Å². The lowest BCUT2D eigenvalue weighted by atomic mass is 10.2. The Morgan fingerprint density at radius 1 is 1.47 bits per heavy atom. The van der Waals surface area contributed by atoms with Gasteiger partial charge >= 0.3 is 0 Å². The zero-order chi connectivity index (χ0) is 11.3. The molecule has 1 atom stereocenters. The molecule has 1 aromatic carbocycles. The lowest BCUT2D eigenvalue weighted by Gasteiger charge is -2.14. The number of halogens is 1. The highest BCUT2D eigenvalue weighted by Crippen LogP contribution is 2.26. The van der Waals surface area contributed by atoms with Gasteiger partial charge in [0.2, 0.25) is 6.29 Å². The second kappa shape index (κ2) is 5.61. The summed E-state index contributed by atoms with van der Waals surface area (Å²) in [5.74, 6) is 0.610. The van der Waals surface area contributed by atoms with E-state index in [9.17, 15) is 0 Å². The molecule has 0 aliphatic carbocycles. The van der Waals surface area contributed by atoms with E-state index < -0.39 is 6.29 Å². The summed E-state index contributed by atoms with van der Waals surface area (Å²) in [6.45, 7) is 3.75. The van der Waals surface area contributed by atoms with Crippen LogP contribution >= 0.6 is 11.6 Å². The van der Waals surface area contributed by atoms with Crippen LogP contribution in [0.15, 0.2) is 23.2 Å². The fourth-order valence-electron chi connectivity index (χ4n) is 1.05. The van der Waals surface area contributed by atoms with Crippen molar-refractivity contribution < 1.29 is 9.47 Å². The summed E-state index contributed by atoms with van der Waals surface area (Å²) >= 11 is 5.99. The van der Waals surface area contributed by atoms with Crippen LogP contribution in [0.1, 0.15) is 12.5 Å². The predicted molar refractivity (Wildman–Crippen MR) is 61.8 cm³/mol. The number of benzene rings is 1. The molecule has 0 amide bonds. The maximum Gasteiger partial charge on any atom is 0.239 e. The topological polar surface area (TPSA) is 30.8 Å². The Morgan fingerprint density at radius 3 is 2.80 bits per heavy atom. The van der Waals surface area contributed by atoms with Crippen LogP contribution in [0.5, 0.6) is 5.75 Å². The third-order valence-electron chi connectivity index (χ3n) is 1.74. The fraction of sp³-hybridized carbons (Fsp3) is 0.364. The van der Waals surface area contributed by atoms with Crippen LogP contribution in [-0.4, -0.2) is 19.7 Å². The Balaban J connectivity index is 2.64. The monoisotopic (exact) mass is 227 g/mol. The number of rotatable bonds is 4. The minimum atomic E-state index is -0.408. The van der Waals surface area contributed by atoms with Crippen LogP contribution in [0.2, 0.25) is 5.02 Å². The molecule has 0 aromatic heterocycles. The summed E-state index contributed by atoms with van der Waals surface area (Å²) in [6, 6.07) is 5.60. The highest BCUT2D eigenvalue weighted by Gasteiger charge is 2.06. The molecule has 0 saturated heterocycles. The van der Waals surface area contributed by atoms with Gasteiger partial charge in [0.25, 0.3) is 0 Å². The van der Waals surface area contributed by atoms with E-state index in [-0.39, 0.29) is 0 Å². The van der Waals surface area contributed by atoms with Crippen LogP contribution in [0, 0.1) is 6.92 Å². The number of aliphatic imine (C=N–C) groups is 1. The molecule has 1 aromatic rings. The average Bonchev–Trinajstić information content (AvgIpc) is 2.19. The molecule has 0 bridgehead atoms. The Kier molecular flexibility index (Phi) is 4.43.